The molecule has 0 bridgehead atoms. The molecule has 0 radical (unpaired) electrons. The standard InChI is InChI=1S/C15H17NO4S/c1-9(2)11-4-6-12(7-5-11)20-15-13(16(18)19)8-14(21-15)10(3)17/h4-10,17H,1-3H3/t10-/m0/s1. The van der Waals surface area contributed by atoms with Gasteiger partial charge in [-0.25, -0.2) is 0 Å². The molecule has 5 nitrogen and oxygen atoms in total. The topological polar surface area (TPSA) is 72.6 Å². The fourth-order valence-electron chi connectivity index (χ4n) is 1.82. The molecule has 0 aliphatic rings. The zero-order valence-electron chi connectivity index (χ0n) is 12.1. The predicted octanol–water partition coefficient (Wildman–Crippen LogP) is 4.63. The summed E-state index contributed by atoms with van der Waals surface area (Å²) in [4.78, 5) is 11.1. The van der Waals surface area contributed by atoms with Crippen LogP contribution in [0.5, 0.6) is 10.8 Å². The molecule has 0 saturated carbocycles. The van der Waals surface area contributed by atoms with Crippen LogP contribution in [-0.4, -0.2) is 10.0 Å². The highest BCUT2D eigenvalue weighted by atomic mass is 32.1. The van der Waals surface area contributed by atoms with E-state index in [1.807, 2.05) is 12.1 Å². The van der Waals surface area contributed by atoms with Crippen molar-refractivity contribution < 1.29 is 14.8 Å². The first-order chi connectivity index (χ1) is 9.88. The normalized spacial score (nSPS) is 12.4. The van der Waals surface area contributed by atoms with Gasteiger partial charge in [-0.15, -0.1) is 0 Å². The first-order valence-electron chi connectivity index (χ1n) is 6.62. The van der Waals surface area contributed by atoms with E-state index in [0.717, 1.165) is 11.3 Å². The van der Waals surface area contributed by atoms with Crippen molar-refractivity contribution in [3.8, 4) is 10.8 Å². The molecule has 0 aliphatic heterocycles. The van der Waals surface area contributed by atoms with E-state index in [9.17, 15) is 15.2 Å². The molecule has 112 valence electrons. The minimum absolute atomic E-state index is 0.121. The third-order valence-corrected chi connectivity index (χ3v) is 4.24. The maximum absolute atomic E-state index is 11.0. The van der Waals surface area contributed by atoms with Crippen molar-refractivity contribution in [3.63, 3.8) is 0 Å². The summed E-state index contributed by atoms with van der Waals surface area (Å²) < 4.78 is 5.60. The van der Waals surface area contributed by atoms with E-state index in [1.54, 1.807) is 19.1 Å². The van der Waals surface area contributed by atoms with Gasteiger partial charge in [0.05, 0.1) is 11.0 Å². The van der Waals surface area contributed by atoms with Gasteiger partial charge < -0.3 is 9.84 Å². The molecule has 2 aromatic rings. The molecule has 0 aliphatic carbocycles. The molecule has 0 fully saturated rings. The van der Waals surface area contributed by atoms with Gasteiger partial charge in [0.2, 0.25) is 0 Å². The summed E-state index contributed by atoms with van der Waals surface area (Å²) in [6, 6.07) is 8.82. The van der Waals surface area contributed by atoms with Gasteiger partial charge in [0.1, 0.15) is 5.75 Å². The van der Waals surface area contributed by atoms with Gasteiger partial charge in [-0.3, -0.25) is 10.1 Å². The van der Waals surface area contributed by atoms with Crippen molar-refractivity contribution in [2.75, 3.05) is 0 Å². The molecule has 1 atom stereocenters. The van der Waals surface area contributed by atoms with Crippen LogP contribution in [-0.2, 0) is 0 Å². The highest BCUT2D eigenvalue weighted by Crippen LogP contribution is 2.42. The first kappa shape index (κ1) is 15.5. The minimum Gasteiger partial charge on any atom is -0.440 e. The summed E-state index contributed by atoms with van der Waals surface area (Å²) in [5.74, 6) is 0.957. The predicted molar refractivity (Wildman–Crippen MR) is 82.2 cm³/mol. The van der Waals surface area contributed by atoms with Crippen molar-refractivity contribution in [2.24, 2.45) is 0 Å². The molecular weight excluding hydrogens is 290 g/mol. The second-order valence-electron chi connectivity index (χ2n) is 5.08. The Morgan fingerprint density at radius 1 is 1.24 bits per heavy atom. The maximum atomic E-state index is 11.0. The lowest BCUT2D eigenvalue weighted by Gasteiger charge is -2.07. The molecule has 2 rings (SSSR count). The Morgan fingerprint density at radius 2 is 1.86 bits per heavy atom. The fraction of sp³-hybridized carbons (Fsp3) is 0.333. The largest absolute Gasteiger partial charge is 0.440 e. The lowest BCUT2D eigenvalue weighted by atomic mass is 10.0. The lowest BCUT2D eigenvalue weighted by molar-refractivity contribution is -0.385. The quantitative estimate of drug-likeness (QED) is 0.646. The van der Waals surface area contributed by atoms with E-state index in [1.165, 1.54) is 11.6 Å². The summed E-state index contributed by atoms with van der Waals surface area (Å²) in [7, 11) is 0. The Labute approximate surface area is 127 Å². The molecule has 0 unspecified atom stereocenters. The zero-order valence-corrected chi connectivity index (χ0v) is 12.9. The number of hydrogen-bond acceptors (Lipinski definition) is 5. The van der Waals surface area contributed by atoms with Crippen molar-refractivity contribution in [3.05, 3.63) is 50.9 Å². The van der Waals surface area contributed by atoms with Crippen molar-refractivity contribution in [1.29, 1.82) is 0 Å². The van der Waals surface area contributed by atoms with Crippen molar-refractivity contribution in [1.82, 2.24) is 0 Å². The number of rotatable bonds is 5. The maximum Gasteiger partial charge on any atom is 0.323 e. The molecule has 0 amide bonds. The highest BCUT2D eigenvalue weighted by molar-refractivity contribution is 7.14. The number of ether oxygens (including phenoxy) is 1. The van der Waals surface area contributed by atoms with E-state index in [-0.39, 0.29) is 10.8 Å². The average molecular weight is 307 g/mol. The van der Waals surface area contributed by atoms with Gasteiger partial charge in [0, 0.05) is 10.9 Å². The van der Waals surface area contributed by atoms with Crippen molar-refractivity contribution >= 4 is 17.0 Å². The Bertz CT molecular complexity index is 632. The summed E-state index contributed by atoms with van der Waals surface area (Å²) in [5.41, 5.74) is 1.05. The molecule has 1 heterocycles. The monoisotopic (exact) mass is 307 g/mol. The van der Waals surface area contributed by atoms with E-state index >= 15 is 0 Å². The molecule has 1 aromatic heterocycles. The lowest BCUT2D eigenvalue weighted by Crippen LogP contribution is -1.90. The number of aliphatic hydroxyl groups excluding tert-OH is 1. The summed E-state index contributed by atoms with van der Waals surface area (Å²) in [6.07, 6.45) is -0.755. The molecule has 1 N–H and O–H groups in total. The van der Waals surface area contributed by atoms with Crippen LogP contribution >= 0.6 is 11.3 Å². The summed E-state index contributed by atoms with van der Waals surface area (Å²) in [6.45, 7) is 5.75. The van der Waals surface area contributed by atoms with Crippen LogP contribution in [0.1, 0.15) is 43.2 Å². The van der Waals surface area contributed by atoms with Crippen LogP contribution in [0, 0.1) is 10.1 Å². The molecule has 21 heavy (non-hydrogen) atoms. The van der Waals surface area contributed by atoms with E-state index < -0.39 is 11.0 Å². The van der Waals surface area contributed by atoms with Crippen LogP contribution in [0.2, 0.25) is 0 Å². The zero-order chi connectivity index (χ0) is 15.6. The Kier molecular flexibility index (Phi) is 4.59. The average Bonchev–Trinajstić information content (AvgIpc) is 2.83. The number of aliphatic hydroxyl groups is 1. The van der Waals surface area contributed by atoms with E-state index in [2.05, 4.69) is 13.8 Å². The first-order valence-corrected chi connectivity index (χ1v) is 7.44. The fourth-order valence-corrected chi connectivity index (χ4v) is 2.75. The SMILES string of the molecule is CC(C)c1ccc(Oc2sc([C@H](C)O)cc2[N+](=O)[O-])cc1. The summed E-state index contributed by atoms with van der Waals surface area (Å²) in [5, 5.41) is 20.8. The minimum atomic E-state index is -0.755. The summed E-state index contributed by atoms with van der Waals surface area (Å²) >= 11 is 1.09. The molecule has 0 spiro atoms. The van der Waals surface area contributed by atoms with Crippen LogP contribution in [0.25, 0.3) is 0 Å². The Morgan fingerprint density at radius 3 is 2.33 bits per heavy atom. The number of thiophene rings is 1. The third kappa shape index (κ3) is 3.59. The van der Waals surface area contributed by atoms with Gasteiger partial charge >= 0.3 is 5.69 Å². The van der Waals surface area contributed by atoms with Gasteiger partial charge in [0.15, 0.2) is 0 Å². The van der Waals surface area contributed by atoms with Crippen LogP contribution in [0.3, 0.4) is 0 Å². The van der Waals surface area contributed by atoms with E-state index in [4.69, 9.17) is 4.74 Å². The van der Waals surface area contributed by atoms with Gasteiger partial charge in [0.25, 0.3) is 5.06 Å². The van der Waals surface area contributed by atoms with Crippen molar-refractivity contribution in [2.45, 2.75) is 32.8 Å². The highest BCUT2D eigenvalue weighted by Gasteiger charge is 2.23. The van der Waals surface area contributed by atoms with Crippen LogP contribution in [0.15, 0.2) is 30.3 Å². The number of benzene rings is 1. The van der Waals surface area contributed by atoms with Gasteiger partial charge in [-0.2, -0.15) is 0 Å². The molecule has 6 heteroatoms. The Hall–Kier alpha value is -1.92. The van der Waals surface area contributed by atoms with Gasteiger partial charge in [-0.1, -0.05) is 37.3 Å². The third-order valence-electron chi connectivity index (χ3n) is 3.06. The number of nitrogens with zero attached hydrogens (tertiary/aromatic N) is 1. The number of hydrogen-bond donors (Lipinski definition) is 1. The van der Waals surface area contributed by atoms with Crippen LogP contribution < -0.4 is 4.74 Å². The van der Waals surface area contributed by atoms with Gasteiger partial charge in [-0.05, 0) is 30.5 Å². The second kappa shape index (κ2) is 6.24. The molecule has 1 aromatic carbocycles. The smallest absolute Gasteiger partial charge is 0.323 e. The van der Waals surface area contributed by atoms with E-state index in [0.29, 0.717) is 16.5 Å². The second-order valence-corrected chi connectivity index (χ2v) is 6.13. The van der Waals surface area contributed by atoms with Crippen LogP contribution in [0.4, 0.5) is 5.69 Å². The number of nitro groups is 1. The molecule has 0 saturated heterocycles. The Balaban J connectivity index is 2.27. The molecular formula is C15H17NO4S.